The van der Waals surface area contributed by atoms with Crippen LogP contribution in [0.15, 0.2) is 51.8 Å². The molecule has 1 aliphatic rings. The fraction of sp³-hybridized carbons (Fsp3) is 0.500. The standard InChI is InChI=1S/C24H31N3O6/c1-24(2,3)32-22(29)25-19(21(28)31-16-17-10-5-4-6-11-17)14-9-13-18-12-7-8-15-20-26-33-23(30)27(18)20/h4-6,9-11,13,18-19H,7-8,12,14-16H2,1-3H3,(H,25,29)/t18?,19-/m1/s1. The third-order valence-corrected chi connectivity index (χ3v) is 5.12. The molecule has 1 amide bonds. The zero-order valence-electron chi connectivity index (χ0n) is 19.3. The van der Waals surface area contributed by atoms with E-state index in [0.717, 1.165) is 24.8 Å². The number of fused-ring (bicyclic) bond motifs is 1. The van der Waals surface area contributed by atoms with Crippen molar-refractivity contribution in [2.24, 2.45) is 0 Å². The fourth-order valence-electron chi connectivity index (χ4n) is 3.59. The Bertz CT molecular complexity index is 1020. The molecule has 1 aromatic carbocycles. The second-order valence-corrected chi connectivity index (χ2v) is 9.00. The number of nitrogens with zero attached hydrogens (tertiary/aromatic N) is 2. The highest BCUT2D eigenvalue weighted by molar-refractivity contribution is 5.81. The number of nitrogens with one attached hydrogen (secondary N) is 1. The summed E-state index contributed by atoms with van der Waals surface area (Å²) in [4.78, 5) is 37.1. The topological polar surface area (TPSA) is 113 Å². The molecule has 178 valence electrons. The number of aryl methyl sites for hydroxylation is 1. The molecule has 0 saturated heterocycles. The van der Waals surface area contributed by atoms with Gasteiger partial charge >= 0.3 is 17.8 Å². The Hall–Kier alpha value is -3.36. The van der Waals surface area contributed by atoms with Gasteiger partial charge in [0.05, 0.1) is 6.04 Å². The molecule has 33 heavy (non-hydrogen) atoms. The van der Waals surface area contributed by atoms with Gasteiger partial charge in [-0.2, -0.15) is 0 Å². The van der Waals surface area contributed by atoms with Crippen LogP contribution >= 0.6 is 0 Å². The van der Waals surface area contributed by atoms with Crippen molar-refractivity contribution >= 4 is 12.1 Å². The molecule has 0 fully saturated rings. The molecule has 1 aromatic heterocycles. The number of amides is 1. The van der Waals surface area contributed by atoms with E-state index in [1.54, 1.807) is 31.4 Å². The van der Waals surface area contributed by atoms with Crippen molar-refractivity contribution < 1.29 is 23.6 Å². The van der Waals surface area contributed by atoms with Gasteiger partial charge in [-0.3, -0.25) is 9.09 Å². The van der Waals surface area contributed by atoms with E-state index in [1.807, 2.05) is 36.4 Å². The van der Waals surface area contributed by atoms with Crippen molar-refractivity contribution in [3.63, 3.8) is 0 Å². The van der Waals surface area contributed by atoms with Crippen molar-refractivity contribution in [1.82, 2.24) is 15.0 Å². The lowest BCUT2D eigenvalue weighted by molar-refractivity contribution is -0.147. The van der Waals surface area contributed by atoms with Crippen molar-refractivity contribution in [2.45, 2.75) is 77.2 Å². The number of hydrogen-bond acceptors (Lipinski definition) is 7. The highest BCUT2D eigenvalue weighted by atomic mass is 16.6. The molecule has 1 unspecified atom stereocenters. The molecule has 0 saturated carbocycles. The van der Waals surface area contributed by atoms with Gasteiger partial charge in [0.1, 0.15) is 18.2 Å². The van der Waals surface area contributed by atoms with E-state index < -0.39 is 29.5 Å². The third kappa shape index (κ3) is 7.34. The fourth-order valence-corrected chi connectivity index (χ4v) is 3.59. The zero-order chi connectivity index (χ0) is 23.8. The van der Waals surface area contributed by atoms with E-state index in [-0.39, 0.29) is 19.1 Å². The third-order valence-electron chi connectivity index (χ3n) is 5.12. The monoisotopic (exact) mass is 457 g/mol. The molecule has 0 spiro atoms. The Morgan fingerprint density at radius 2 is 2.03 bits per heavy atom. The number of carbonyl (C=O) groups excluding carboxylic acids is 2. The molecular weight excluding hydrogens is 426 g/mol. The van der Waals surface area contributed by atoms with E-state index >= 15 is 0 Å². The number of alkyl carbamates (subject to hydrolysis) is 1. The van der Waals surface area contributed by atoms with E-state index in [4.69, 9.17) is 14.0 Å². The number of allylic oxidation sites excluding steroid dienone is 1. The average molecular weight is 458 g/mol. The maximum atomic E-state index is 12.8. The van der Waals surface area contributed by atoms with Crippen molar-refractivity contribution in [3.05, 3.63) is 64.4 Å². The first-order valence-electron chi connectivity index (χ1n) is 11.2. The van der Waals surface area contributed by atoms with Crippen LogP contribution in [-0.2, 0) is 27.3 Å². The lowest BCUT2D eigenvalue weighted by Crippen LogP contribution is -2.44. The predicted molar refractivity (Wildman–Crippen MR) is 121 cm³/mol. The molecule has 2 atom stereocenters. The van der Waals surface area contributed by atoms with E-state index in [0.29, 0.717) is 12.2 Å². The summed E-state index contributed by atoms with van der Waals surface area (Å²) in [6, 6.07) is 8.13. The number of hydrogen-bond donors (Lipinski definition) is 1. The van der Waals surface area contributed by atoms with Gasteiger partial charge in [0, 0.05) is 6.42 Å². The summed E-state index contributed by atoms with van der Waals surface area (Å²) in [5.41, 5.74) is 0.139. The molecule has 3 rings (SSSR count). The Morgan fingerprint density at radius 3 is 2.76 bits per heavy atom. The van der Waals surface area contributed by atoms with Gasteiger partial charge < -0.3 is 14.8 Å². The van der Waals surface area contributed by atoms with Gasteiger partial charge in [-0.15, -0.1) is 0 Å². The summed E-state index contributed by atoms with van der Waals surface area (Å²) >= 11 is 0. The molecule has 2 heterocycles. The molecule has 0 radical (unpaired) electrons. The Kier molecular flexibility index (Phi) is 8.08. The van der Waals surface area contributed by atoms with Gasteiger partial charge in [-0.05, 0) is 45.6 Å². The van der Waals surface area contributed by atoms with Gasteiger partial charge in [0.15, 0.2) is 5.82 Å². The Labute approximate surface area is 192 Å². The van der Waals surface area contributed by atoms with Gasteiger partial charge in [0.25, 0.3) is 0 Å². The largest absolute Gasteiger partial charge is 0.459 e. The summed E-state index contributed by atoms with van der Waals surface area (Å²) in [5.74, 6) is -0.442. The highest BCUT2D eigenvalue weighted by Gasteiger charge is 2.26. The summed E-state index contributed by atoms with van der Waals surface area (Å²) in [5, 5.41) is 6.46. The molecular formula is C24H31N3O6. The van der Waals surface area contributed by atoms with Crippen LogP contribution in [0, 0.1) is 0 Å². The van der Waals surface area contributed by atoms with Crippen LogP contribution in [0.2, 0.25) is 0 Å². The first kappa shape index (κ1) is 24.3. The number of esters is 1. The minimum atomic E-state index is -0.941. The predicted octanol–water partition coefficient (Wildman–Crippen LogP) is 3.69. The molecule has 0 aliphatic carbocycles. The first-order valence-corrected chi connectivity index (χ1v) is 11.2. The SMILES string of the molecule is CC(C)(C)OC(=O)N[C@H](CC=CC1CCCCc2noc(=O)n21)C(=O)OCc1ccccc1. The maximum Gasteiger partial charge on any atom is 0.442 e. The van der Waals surface area contributed by atoms with Gasteiger partial charge in [0.2, 0.25) is 0 Å². The van der Waals surface area contributed by atoms with Crippen LogP contribution < -0.4 is 11.1 Å². The van der Waals surface area contributed by atoms with Crippen LogP contribution in [-0.4, -0.2) is 33.4 Å². The van der Waals surface area contributed by atoms with Crippen LogP contribution in [0.1, 0.15) is 63.9 Å². The van der Waals surface area contributed by atoms with Crippen LogP contribution in [0.3, 0.4) is 0 Å². The average Bonchev–Trinajstić information content (AvgIpc) is 2.99. The number of aromatic nitrogens is 2. The zero-order valence-corrected chi connectivity index (χ0v) is 19.3. The minimum Gasteiger partial charge on any atom is -0.459 e. The van der Waals surface area contributed by atoms with E-state index in [1.165, 1.54) is 0 Å². The van der Waals surface area contributed by atoms with Gasteiger partial charge in [-0.1, -0.05) is 54.1 Å². The second kappa shape index (κ2) is 11.0. The lowest BCUT2D eigenvalue weighted by atomic mass is 10.1. The molecule has 2 aromatic rings. The van der Waals surface area contributed by atoms with E-state index in [2.05, 4.69) is 10.5 Å². The quantitative estimate of drug-likeness (QED) is 0.498. The second-order valence-electron chi connectivity index (χ2n) is 9.00. The van der Waals surface area contributed by atoms with Crippen molar-refractivity contribution in [2.75, 3.05) is 0 Å². The Balaban J connectivity index is 1.69. The number of ether oxygens (including phenoxy) is 2. The van der Waals surface area contributed by atoms with Crippen molar-refractivity contribution in [3.8, 4) is 0 Å². The number of rotatable bonds is 7. The smallest absolute Gasteiger partial charge is 0.442 e. The molecule has 9 nitrogen and oxygen atoms in total. The summed E-state index contributed by atoms with van der Waals surface area (Å²) < 4.78 is 17.1. The Morgan fingerprint density at radius 1 is 1.27 bits per heavy atom. The lowest BCUT2D eigenvalue weighted by Gasteiger charge is -2.22. The van der Waals surface area contributed by atoms with E-state index in [9.17, 15) is 14.4 Å². The number of benzene rings is 1. The van der Waals surface area contributed by atoms with Crippen LogP contribution in [0.25, 0.3) is 0 Å². The molecule has 0 bridgehead atoms. The minimum absolute atomic E-state index is 0.0952. The maximum absolute atomic E-state index is 12.8. The normalized spacial score (nSPS) is 17.1. The first-order chi connectivity index (χ1) is 15.7. The highest BCUT2D eigenvalue weighted by Crippen LogP contribution is 2.22. The molecule has 1 N–H and O–H groups in total. The van der Waals surface area contributed by atoms with Crippen LogP contribution in [0.4, 0.5) is 4.79 Å². The molecule has 9 heteroatoms. The number of carbonyl (C=O) groups is 2. The van der Waals surface area contributed by atoms with Crippen molar-refractivity contribution in [1.29, 1.82) is 0 Å². The molecule has 1 aliphatic heterocycles. The van der Waals surface area contributed by atoms with Crippen LogP contribution in [0.5, 0.6) is 0 Å². The summed E-state index contributed by atoms with van der Waals surface area (Å²) in [6.07, 6.45) is 6.40. The summed E-state index contributed by atoms with van der Waals surface area (Å²) in [7, 11) is 0. The summed E-state index contributed by atoms with van der Waals surface area (Å²) in [6.45, 7) is 5.33. The van der Waals surface area contributed by atoms with Gasteiger partial charge in [-0.25, -0.2) is 14.4 Å².